The average Bonchev–Trinajstić information content (AvgIpc) is 3.59. The van der Waals surface area contributed by atoms with Gasteiger partial charge in [-0.15, -0.1) is 0 Å². The summed E-state index contributed by atoms with van der Waals surface area (Å²) in [7, 11) is 2.26. The second-order valence-corrected chi connectivity index (χ2v) is 16.0. The van der Waals surface area contributed by atoms with Crippen LogP contribution in [-0.4, -0.2) is 86.8 Å². The molecule has 3 aromatic heterocycles. The van der Waals surface area contributed by atoms with Crippen LogP contribution in [0.3, 0.4) is 0 Å². The van der Waals surface area contributed by atoms with Crippen molar-refractivity contribution in [1.29, 1.82) is 0 Å². The third-order valence-electron chi connectivity index (χ3n) is 11.4. The number of carbonyl (C=O) groups excluding carboxylic acids is 3. The fraction of sp³-hybridized carbons (Fsp3) is 0.500. The first kappa shape index (κ1) is 40.2. The molecule has 3 N–H and O–H groups in total. The molecular formula is C42H51F3N8O4. The van der Waals surface area contributed by atoms with Gasteiger partial charge in [0.25, 0.3) is 5.91 Å². The van der Waals surface area contributed by atoms with Crippen LogP contribution in [0, 0.1) is 5.92 Å². The summed E-state index contributed by atoms with van der Waals surface area (Å²) >= 11 is 0. The van der Waals surface area contributed by atoms with Gasteiger partial charge in [0.1, 0.15) is 34.5 Å². The molecule has 0 bridgehead atoms. The summed E-state index contributed by atoms with van der Waals surface area (Å²) in [5.41, 5.74) is 2.57. The van der Waals surface area contributed by atoms with E-state index in [1.54, 1.807) is 12.3 Å². The van der Waals surface area contributed by atoms with Gasteiger partial charge in [-0.25, -0.2) is 9.97 Å². The first-order valence-corrected chi connectivity index (χ1v) is 19.9. The van der Waals surface area contributed by atoms with E-state index in [2.05, 4.69) is 49.9 Å². The summed E-state index contributed by atoms with van der Waals surface area (Å²) in [5, 5.41) is 8.41. The van der Waals surface area contributed by atoms with Gasteiger partial charge in [-0.3, -0.25) is 24.6 Å². The number of rotatable bonds is 12. The normalized spacial score (nSPS) is 21.2. The number of aromatic nitrogens is 3. The molecule has 3 amide bonds. The first-order chi connectivity index (χ1) is 27.3. The van der Waals surface area contributed by atoms with E-state index in [0.29, 0.717) is 47.8 Å². The Morgan fingerprint density at radius 2 is 1.74 bits per heavy atom. The maximum absolute atomic E-state index is 13.2. The first-order valence-electron chi connectivity index (χ1n) is 19.9. The lowest BCUT2D eigenvalue weighted by Crippen LogP contribution is -2.47. The molecule has 304 valence electrons. The van der Waals surface area contributed by atoms with Gasteiger partial charge in [0, 0.05) is 55.6 Å². The number of ether oxygens (including phenoxy) is 1. The molecule has 12 nitrogen and oxygen atoms in total. The third-order valence-corrected chi connectivity index (χ3v) is 11.4. The zero-order chi connectivity index (χ0) is 40.3. The van der Waals surface area contributed by atoms with Crippen molar-refractivity contribution in [3.8, 4) is 5.75 Å². The van der Waals surface area contributed by atoms with E-state index < -0.39 is 23.8 Å². The van der Waals surface area contributed by atoms with Gasteiger partial charge in [-0.2, -0.15) is 13.2 Å². The molecule has 15 heteroatoms. The standard InChI is InChI=1S/C42H51F3N8O4/c1-26(2)57-36-21-38-48-34(24-53(38)25-35(36)49-40(55)32-8-5-9-37(47-32)42(43,44)45)29-12-10-27(11-13-29)22-51(3)31-16-18-52(19-17-31)23-28-6-4-7-30(20-28)46-33-14-15-39(54)50-41(33)56/h4-9,20-21,24-27,29,31,33,46H,10-19,22-23H2,1-3H3,(H,49,55)(H,50,54,56)/t27-,29-,33?. The SMILES string of the molecule is CC(C)Oc1cc2nc([C@H]3CC[C@H](CN(C)C4CCN(Cc5cccc(NC6CCC(=O)NC6=O)c5)CC4)CC3)cn2cc1NC(=O)c1cccc(C(F)(F)F)n1. The summed E-state index contributed by atoms with van der Waals surface area (Å²) in [5.74, 6) is 0.0316. The lowest BCUT2D eigenvalue weighted by atomic mass is 9.80. The minimum atomic E-state index is -4.67. The van der Waals surface area contributed by atoms with Crippen LogP contribution < -0.4 is 20.7 Å². The molecule has 1 saturated carbocycles. The van der Waals surface area contributed by atoms with Crippen molar-refractivity contribution in [2.45, 2.75) is 102 Å². The Kier molecular flexibility index (Phi) is 12.1. The highest BCUT2D eigenvalue weighted by Crippen LogP contribution is 2.37. The number of carbonyl (C=O) groups is 3. The zero-order valence-corrected chi connectivity index (χ0v) is 32.6. The molecule has 4 aromatic rings. The van der Waals surface area contributed by atoms with Crippen molar-refractivity contribution in [2.75, 3.05) is 37.3 Å². The fourth-order valence-corrected chi connectivity index (χ4v) is 8.35. The van der Waals surface area contributed by atoms with Crippen LogP contribution in [0.25, 0.3) is 5.65 Å². The van der Waals surface area contributed by atoms with Crippen LogP contribution in [0.2, 0.25) is 0 Å². The van der Waals surface area contributed by atoms with Crippen LogP contribution in [-0.2, 0) is 22.3 Å². The van der Waals surface area contributed by atoms with Crippen molar-refractivity contribution in [3.63, 3.8) is 0 Å². The molecular weight excluding hydrogens is 738 g/mol. The number of amides is 3. The lowest BCUT2D eigenvalue weighted by Gasteiger charge is -2.39. The highest BCUT2D eigenvalue weighted by atomic mass is 19.4. The second-order valence-electron chi connectivity index (χ2n) is 16.0. The summed E-state index contributed by atoms with van der Waals surface area (Å²) < 4.78 is 47.6. The van der Waals surface area contributed by atoms with E-state index in [-0.39, 0.29) is 23.6 Å². The van der Waals surface area contributed by atoms with E-state index >= 15 is 0 Å². The van der Waals surface area contributed by atoms with Crippen molar-refractivity contribution in [3.05, 3.63) is 83.6 Å². The fourth-order valence-electron chi connectivity index (χ4n) is 8.35. The number of hydrogen-bond acceptors (Lipinski definition) is 9. The molecule has 3 aliphatic rings. The second kappa shape index (κ2) is 17.2. The number of nitrogens with zero attached hydrogens (tertiary/aromatic N) is 5. The smallest absolute Gasteiger partial charge is 0.433 e. The third kappa shape index (κ3) is 10.1. The maximum atomic E-state index is 13.2. The number of nitrogens with one attached hydrogen (secondary N) is 3. The Morgan fingerprint density at radius 1 is 0.982 bits per heavy atom. The molecule has 57 heavy (non-hydrogen) atoms. The monoisotopic (exact) mass is 788 g/mol. The number of halogens is 3. The lowest BCUT2D eigenvalue weighted by molar-refractivity contribution is -0.141. The van der Waals surface area contributed by atoms with Crippen molar-refractivity contribution in [2.24, 2.45) is 5.92 Å². The van der Waals surface area contributed by atoms with Crippen LogP contribution in [0.1, 0.15) is 98.6 Å². The van der Waals surface area contributed by atoms with Gasteiger partial charge in [-0.1, -0.05) is 18.2 Å². The van der Waals surface area contributed by atoms with E-state index in [0.717, 1.165) is 88.2 Å². The number of anilines is 2. The molecule has 3 fully saturated rings. The number of benzene rings is 1. The molecule has 2 aliphatic heterocycles. The van der Waals surface area contributed by atoms with E-state index in [1.165, 1.54) is 11.6 Å². The molecule has 1 atom stereocenters. The van der Waals surface area contributed by atoms with E-state index in [1.807, 2.05) is 36.6 Å². The van der Waals surface area contributed by atoms with Crippen molar-refractivity contribution >= 4 is 34.7 Å². The molecule has 5 heterocycles. The Hall–Kier alpha value is -5.02. The molecule has 1 aromatic carbocycles. The number of imide groups is 1. The molecule has 1 aliphatic carbocycles. The predicted molar refractivity (Wildman–Crippen MR) is 210 cm³/mol. The number of pyridine rings is 2. The summed E-state index contributed by atoms with van der Waals surface area (Å²) in [6, 6.07) is 13.3. The van der Waals surface area contributed by atoms with Crippen LogP contribution in [0.5, 0.6) is 5.75 Å². The van der Waals surface area contributed by atoms with Crippen molar-refractivity contribution in [1.82, 2.24) is 29.5 Å². The number of piperidine rings is 2. The summed E-state index contributed by atoms with van der Waals surface area (Å²) in [6.45, 7) is 7.68. The molecule has 2 saturated heterocycles. The number of imidazole rings is 1. The van der Waals surface area contributed by atoms with Crippen LogP contribution >= 0.6 is 0 Å². The number of fused-ring (bicyclic) bond motifs is 1. The van der Waals surface area contributed by atoms with Crippen LogP contribution in [0.4, 0.5) is 24.5 Å². The van der Waals surface area contributed by atoms with Gasteiger partial charge in [0.05, 0.1) is 11.8 Å². The highest BCUT2D eigenvalue weighted by molar-refractivity contribution is 6.04. The Morgan fingerprint density at radius 3 is 2.46 bits per heavy atom. The predicted octanol–water partition coefficient (Wildman–Crippen LogP) is 6.87. The number of likely N-dealkylation sites (tertiary alicyclic amines) is 1. The molecule has 0 spiro atoms. The Balaban J connectivity index is 0.896. The van der Waals surface area contributed by atoms with Gasteiger partial charge in [-0.05, 0) is 115 Å². The Labute approximate surface area is 330 Å². The quantitative estimate of drug-likeness (QED) is 0.132. The number of hydrogen-bond donors (Lipinski definition) is 3. The number of alkyl halides is 3. The zero-order valence-electron chi connectivity index (χ0n) is 32.6. The molecule has 7 rings (SSSR count). The van der Waals surface area contributed by atoms with Gasteiger partial charge >= 0.3 is 6.18 Å². The van der Waals surface area contributed by atoms with Crippen LogP contribution in [0.15, 0.2) is 60.9 Å². The van der Waals surface area contributed by atoms with E-state index in [4.69, 9.17) is 9.72 Å². The molecule has 0 radical (unpaired) electrons. The maximum Gasteiger partial charge on any atom is 0.433 e. The van der Waals surface area contributed by atoms with Gasteiger partial charge in [0.15, 0.2) is 0 Å². The minimum Gasteiger partial charge on any atom is -0.489 e. The van der Waals surface area contributed by atoms with Gasteiger partial charge < -0.3 is 24.7 Å². The average molecular weight is 789 g/mol. The highest BCUT2D eigenvalue weighted by Gasteiger charge is 2.33. The topological polar surface area (TPSA) is 133 Å². The summed E-state index contributed by atoms with van der Waals surface area (Å²) in [4.78, 5) is 50.3. The Bertz CT molecular complexity index is 2070. The van der Waals surface area contributed by atoms with E-state index in [9.17, 15) is 27.6 Å². The summed E-state index contributed by atoms with van der Waals surface area (Å²) in [6.07, 6.45) is 6.13. The minimum absolute atomic E-state index is 0.216. The van der Waals surface area contributed by atoms with Gasteiger partial charge in [0.2, 0.25) is 11.8 Å². The van der Waals surface area contributed by atoms with Crippen molar-refractivity contribution < 1.29 is 32.3 Å². The molecule has 1 unspecified atom stereocenters. The largest absolute Gasteiger partial charge is 0.489 e.